The number of nitrogens with zero attached hydrogens (tertiary/aromatic N) is 2. The zero-order valence-corrected chi connectivity index (χ0v) is 12.7. The van der Waals surface area contributed by atoms with Gasteiger partial charge in [0.2, 0.25) is 5.95 Å². The highest BCUT2D eigenvalue weighted by Crippen LogP contribution is 2.19. The zero-order valence-electron chi connectivity index (χ0n) is 12.7. The molecule has 5 nitrogen and oxygen atoms in total. The second kappa shape index (κ2) is 8.44. The second-order valence-electron chi connectivity index (χ2n) is 4.77. The largest absolute Gasteiger partial charge is 0.385 e. The Bertz CT molecular complexity index is 540. The fourth-order valence-electron chi connectivity index (χ4n) is 2.21. The summed E-state index contributed by atoms with van der Waals surface area (Å²) in [6, 6.07) is 8.33. The fraction of sp³-hybridized carbons (Fsp3) is 0.438. The number of rotatable bonds is 9. The molecule has 0 spiro atoms. The second-order valence-corrected chi connectivity index (χ2v) is 4.77. The Morgan fingerprint density at radius 3 is 2.76 bits per heavy atom. The Morgan fingerprint density at radius 2 is 1.95 bits per heavy atom. The molecule has 0 saturated heterocycles. The average Bonchev–Trinajstić information content (AvgIpc) is 2.98. The summed E-state index contributed by atoms with van der Waals surface area (Å²) in [4.78, 5) is 4.39. The number of aromatic nitrogens is 2. The Morgan fingerprint density at radius 1 is 1.14 bits per heavy atom. The van der Waals surface area contributed by atoms with Crippen LogP contribution in [0.25, 0.3) is 5.69 Å². The third-order valence-corrected chi connectivity index (χ3v) is 3.28. The number of methoxy groups -OCH3 is 2. The van der Waals surface area contributed by atoms with Gasteiger partial charge in [0.15, 0.2) is 0 Å². The molecule has 0 aliphatic heterocycles. The van der Waals surface area contributed by atoms with Gasteiger partial charge >= 0.3 is 0 Å². The Hall–Kier alpha value is -1.85. The highest BCUT2D eigenvalue weighted by Gasteiger charge is 2.08. The molecule has 2 rings (SSSR count). The van der Waals surface area contributed by atoms with E-state index in [1.807, 2.05) is 18.5 Å². The minimum Gasteiger partial charge on any atom is -0.385 e. The van der Waals surface area contributed by atoms with Crippen molar-refractivity contribution in [1.29, 1.82) is 0 Å². The molecule has 1 aromatic carbocycles. The van der Waals surface area contributed by atoms with Crippen LogP contribution in [0.3, 0.4) is 0 Å². The lowest BCUT2D eigenvalue weighted by Crippen LogP contribution is -2.10. The Balaban J connectivity index is 2.13. The van der Waals surface area contributed by atoms with Crippen molar-refractivity contribution in [3.8, 4) is 5.69 Å². The molecule has 0 bridgehead atoms. The topological polar surface area (TPSA) is 48.3 Å². The van der Waals surface area contributed by atoms with Crippen molar-refractivity contribution in [3.63, 3.8) is 0 Å². The van der Waals surface area contributed by atoms with Crippen molar-refractivity contribution < 1.29 is 9.47 Å². The molecular weight excluding hydrogens is 266 g/mol. The van der Waals surface area contributed by atoms with Crippen LogP contribution in [0.5, 0.6) is 0 Å². The predicted octanol–water partition coefficient (Wildman–Crippen LogP) is 2.51. The van der Waals surface area contributed by atoms with Crippen LogP contribution in [-0.4, -0.2) is 43.5 Å². The molecular formula is C16H23N3O2. The summed E-state index contributed by atoms with van der Waals surface area (Å²) in [5.41, 5.74) is 2.39. The van der Waals surface area contributed by atoms with Gasteiger partial charge in [0.1, 0.15) is 0 Å². The molecule has 0 aliphatic rings. The van der Waals surface area contributed by atoms with Crippen molar-refractivity contribution in [3.05, 3.63) is 42.2 Å². The predicted molar refractivity (Wildman–Crippen MR) is 84.1 cm³/mol. The lowest BCUT2D eigenvalue weighted by Gasteiger charge is -2.13. The van der Waals surface area contributed by atoms with E-state index in [2.05, 4.69) is 33.1 Å². The summed E-state index contributed by atoms with van der Waals surface area (Å²) < 4.78 is 12.3. The minimum absolute atomic E-state index is 0.711. The van der Waals surface area contributed by atoms with Gasteiger partial charge in [-0.1, -0.05) is 18.2 Å². The highest BCUT2D eigenvalue weighted by molar-refractivity contribution is 5.47. The number of anilines is 1. The monoisotopic (exact) mass is 289 g/mol. The summed E-state index contributed by atoms with van der Waals surface area (Å²) in [6.45, 7) is 2.30. The number of para-hydroxylation sites is 1. The van der Waals surface area contributed by atoms with E-state index >= 15 is 0 Å². The van der Waals surface area contributed by atoms with Crippen molar-refractivity contribution >= 4 is 5.95 Å². The summed E-state index contributed by atoms with van der Waals surface area (Å²) in [7, 11) is 3.44. The SMILES string of the molecule is COCCCNc1nccn1-c1ccccc1CCOC. The summed E-state index contributed by atoms with van der Waals surface area (Å²) in [6.07, 6.45) is 5.62. The van der Waals surface area contributed by atoms with E-state index in [1.165, 1.54) is 5.56 Å². The normalized spacial score (nSPS) is 10.8. The van der Waals surface area contributed by atoms with E-state index in [9.17, 15) is 0 Å². The number of ether oxygens (including phenoxy) is 2. The quantitative estimate of drug-likeness (QED) is 0.721. The van der Waals surface area contributed by atoms with E-state index in [4.69, 9.17) is 9.47 Å². The summed E-state index contributed by atoms with van der Waals surface area (Å²) in [5, 5.41) is 3.35. The number of imidazole rings is 1. The van der Waals surface area contributed by atoms with Crippen LogP contribution < -0.4 is 5.32 Å². The maximum atomic E-state index is 5.19. The van der Waals surface area contributed by atoms with Crippen LogP contribution in [0.15, 0.2) is 36.7 Å². The van der Waals surface area contributed by atoms with Gasteiger partial charge in [0, 0.05) is 39.8 Å². The van der Waals surface area contributed by atoms with E-state index in [0.717, 1.165) is 37.6 Å². The number of hydrogen-bond donors (Lipinski definition) is 1. The first-order chi connectivity index (χ1) is 10.4. The molecule has 0 saturated carbocycles. The average molecular weight is 289 g/mol. The van der Waals surface area contributed by atoms with Crippen LogP contribution in [0.2, 0.25) is 0 Å². The van der Waals surface area contributed by atoms with E-state index < -0.39 is 0 Å². The maximum absolute atomic E-state index is 5.19. The lowest BCUT2D eigenvalue weighted by molar-refractivity contribution is 0.197. The van der Waals surface area contributed by atoms with Crippen LogP contribution in [0.1, 0.15) is 12.0 Å². The molecule has 0 atom stereocenters. The highest BCUT2D eigenvalue weighted by atomic mass is 16.5. The molecule has 0 aliphatic carbocycles. The first-order valence-corrected chi connectivity index (χ1v) is 7.20. The third-order valence-electron chi connectivity index (χ3n) is 3.28. The van der Waals surface area contributed by atoms with Crippen molar-refractivity contribution in [2.75, 3.05) is 39.3 Å². The first kappa shape index (κ1) is 15.5. The molecule has 0 fully saturated rings. The molecule has 1 N–H and O–H groups in total. The van der Waals surface area contributed by atoms with Gasteiger partial charge in [-0.3, -0.25) is 4.57 Å². The van der Waals surface area contributed by atoms with Crippen molar-refractivity contribution in [2.45, 2.75) is 12.8 Å². The van der Waals surface area contributed by atoms with Crippen LogP contribution in [0.4, 0.5) is 5.95 Å². The molecule has 1 heterocycles. The van der Waals surface area contributed by atoms with Gasteiger partial charge in [0.05, 0.1) is 12.3 Å². The smallest absolute Gasteiger partial charge is 0.207 e. The Labute approximate surface area is 125 Å². The van der Waals surface area contributed by atoms with Gasteiger partial charge in [-0.05, 0) is 24.5 Å². The summed E-state index contributed by atoms with van der Waals surface area (Å²) >= 11 is 0. The first-order valence-electron chi connectivity index (χ1n) is 7.20. The molecule has 0 amide bonds. The molecule has 21 heavy (non-hydrogen) atoms. The van der Waals surface area contributed by atoms with Gasteiger partial charge in [-0.25, -0.2) is 4.98 Å². The lowest BCUT2D eigenvalue weighted by atomic mass is 10.1. The third kappa shape index (κ3) is 4.31. The van der Waals surface area contributed by atoms with E-state index in [0.29, 0.717) is 6.61 Å². The molecule has 2 aromatic rings. The fourth-order valence-corrected chi connectivity index (χ4v) is 2.21. The number of benzene rings is 1. The van der Waals surface area contributed by atoms with Gasteiger partial charge in [0.25, 0.3) is 0 Å². The molecule has 5 heteroatoms. The van der Waals surface area contributed by atoms with Crippen LogP contribution in [-0.2, 0) is 15.9 Å². The van der Waals surface area contributed by atoms with Gasteiger partial charge in [-0.2, -0.15) is 0 Å². The number of hydrogen-bond acceptors (Lipinski definition) is 4. The molecule has 114 valence electrons. The molecule has 1 aromatic heterocycles. The molecule has 0 radical (unpaired) electrons. The maximum Gasteiger partial charge on any atom is 0.207 e. The summed E-state index contributed by atoms with van der Waals surface area (Å²) in [5.74, 6) is 0.857. The molecule has 0 unspecified atom stereocenters. The van der Waals surface area contributed by atoms with E-state index in [1.54, 1.807) is 14.2 Å². The zero-order chi connectivity index (χ0) is 14.9. The Kier molecular flexibility index (Phi) is 6.24. The van der Waals surface area contributed by atoms with Gasteiger partial charge in [-0.15, -0.1) is 0 Å². The van der Waals surface area contributed by atoms with Crippen LogP contribution >= 0.6 is 0 Å². The van der Waals surface area contributed by atoms with Gasteiger partial charge < -0.3 is 14.8 Å². The van der Waals surface area contributed by atoms with Crippen molar-refractivity contribution in [2.24, 2.45) is 0 Å². The minimum atomic E-state index is 0.711. The van der Waals surface area contributed by atoms with Crippen molar-refractivity contribution in [1.82, 2.24) is 9.55 Å². The van der Waals surface area contributed by atoms with Crippen LogP contribution in [0, 0.1) is 0 Å². The standard InChI is InChI=1S/C16H23N3O2/c1-20-12-5-9-17-16-18-10-11-19(16)15-7-4-3-6-14(15)8-13-21-2/h3-4,6-7,10-11H,5,8-9,12-13H2,1-2H3,(H,17,18). The number of nitrogens with one attached hydrogen (secondary N) is 1. The van der Waals surface area contributed by atoms with E-state index in [-0.39, 0.29) is 0 Å².